The Hall–Kier alpha value is -0.120. The molecule has 0 spiro atoms. The summed E-state index contributed by atoms with van der Waals surface area (Å²) in [6.45, 7) is 6.20. The molecule has 0 bridgehead atoms. The first kappa shape index (κ1) is 12.9. The van der Waals surface area contributed by atoms with Crippen molar-refractivity contribution in [1.82, 2.24) is 10.2 Å². The van der Waals surface area contributed by atoms with Gasteiger partial charge < -0.3 is 15.3 Å². The molecule has 90 valence electrons. The fourth-order valence-corrected chi connectivity index (χ4v) is 2.12. The third kappa shape index (κ3) is 6.88. The first-order valence-electron chi connectivity index (χ1n) is 6.47. The molecule has 0 radical (unpaired) electrons. The van der Waals surface area contributed by atoms with Gasteiger partial charge in [0.15, 0.2) is 0 Å². The molecule has 0 saturated carbocycles. The summed E-state index contributed by atoms with van der Waals surface area (Å²) in [6, 6.07) is 0. The highest BCUT2D eigenvalue weighted by molar-refractivity contribution is 4.63. The normalized spacial score (nSPS) is 19.0. The Labute approximate surface area is 93.9 Å². The Morgan fingerprint density at radius 3 is 2.27 bits per heavy atom. The molecule has 1 heterocycles. The minimum absolute atomic E-state index is 0.305. The van der Waals surface area contributed by atoms with Crippen molar-refractivity contribution in [3.8, 4) is 0 Å². The van der Waals surface area contributed by atoms with Gasteiger partial charge in [-0.25, -0.2) is 0 Å². The predicted molar refractivity (Wildman–Crippen MR) is 64.1 cm³/mol. The summed E-state index contributed by atoms with van der Waals surface area (Å²) in [5.74, 6) is 0. The predicted octanol–water partition coefficient (Wildman–Crippen LogP) is 1.22. The molecule has 1 aliphatic heterocycles. The van der Waals surface area contributed by atoms with Gasteiger partial charge in [0.05, 0.1) is 0 Å². The summed E-state index contributed by atoms with van der Waals surface area (Å²) in [5.41, 5.74) is 0. The zero-order valence-electron chi connectivity index (χ0n) is 9.88. The van der Waals surface area contributed by atoms with Gasteiger partial charge in [-0.3, -0.25) is 0 Å². The van der Waals surface area contributed by atoms with Crippen LogP contribution in [0.3, 0.4) is 0 Å². The van der Waals surface area contributed by atoms with Gasteiger partial charge in [-0.1, -0.05) is 12.8 Å². The van der Waals surface area contributed by atoms with Gasteiger partial charge in [0, 0.05) is 6.61 Å². The average Bonchev–Trinajstić information content (AvgIpc) is 2.52. The average molecular weight is 214 g/mol. The van der Waals surface area contributed by atoms with E-state index in [0.717, 1.165) is 19.5 Å². The first-order valence-corrected chi connectivity index (χ1v) is 6.47. The van der Waals surface area contributed by atoms with E-state index in [-0.39, 0.29) is 0 Å². The van der Waals surface area contributed by atoms with Crippen LogP contribution in [0.15, 0.2) is 0 Å². The molecule has 0 aliphatic carbocycles. The molecule has 2 N–H and O–H groups in total. The molecule has 0 aromatic carbocycles. The second-order valence-corrected chi connectivity index (χ2v) is 4.44. The van der Waals surface area contributed by atoms with Gasteiger partial charge in [0.2, 0.25) is 0 Å². The fraction of sp³-hybridized carbons (Fsp3) is 1.00. The molecule has 3 nitrogen and oxygen atoms in total. The van der Waals surface area contributed by atoms with Crippen molar-refractivity contribution in [2.45, 2.75) is 38.5 Å². The van der Waals surface area contributed by atoms with E-state index in [0.29, 0.717) is 6.61 Å². The van der Waals surface area contributed by atoms with Crippen LogP contribution in [0.2, 0.25) is 0 Å². The minimum atomic E-state index is 0.305. The molecule has 0 amide bonds. The Balaban J connectivity index is 1.89. The van der Waals surface area contributed by atoms with E-state index < -0.39 is 0 Å². The van der Waals surface area contributed by atoms with Crippen LogP contribution in [-0.2, 0) is 0 Å². The lowest BCUT2D eigenvalue weighted by molar-refractivity contribution is 0.274. The van der Waals surface area contributed by atoms with Crippen molar-refractivity contribution in [1.29, 1.82) is 0 Å². The summed E-state index contributed by atoms with van der Waals surface area (Å²) >= 11 is 0. The third-order valence-electron chi connectivity index (χ3n) is 3.04. The number of nitrogens with zero attached hydrogens (tertiary/aromatic N) is 1. The zero-order chi connectivity index (χ0) is 10.8. The van der Waals surface area contributed by atoms with Crippen molar-refractivity contribution in [3.63, 3.8) is 0 Å². The smallest absolute Gasteiger partial charge is 0.0443 e. The highest BCUT2D eigenvalue weighted by Crippen LogP contribution is 2.09. The number of aliphatic hydroxyl groups excluding tert-OH is 1. The van der Waals surface area contributed by atoms with Gasteiger partial charge in [-0.05, 0) is 58.4 Å². The van der Waals surface area contributed by atoms with Crippen LogP contribution in [0, 0.1) is 0 Å². The molecule has 1 aliphatic rings. The summed E-state index contributed by atoms with van der Waals surface area (Å²) in [7, 11) is 0. The molecule has 1 fully saturated rings. The van der Waals surface area contributed by atoms with Crippen LogP contribution in [0.4, 0.5) is 0 Å². The zero-order valence-corrected chi connectivity index (χ0v) is 9.88. The van der Waals surface area contributed by atoms with Gasteiger partial charge in [-0.2, -0.15) is 0 Å². The first-order chi connectivity index (χ1) is 7.43. The van der Waals surface area contributed by atoms with Gasteiger partial charge in [-0.15, -0.1) is 0 Å². The Morgan fingerprint density at radius 1 is 0.933 bits per heavy atom. The van der Waals surface area contributed by atoms with Crippen LogP contribution in [-0.4, -0.2) is 49.3 Å². The quantitative estimate of drug-likeness (QED) is 0.626. The van der Waals surface area contributed by atoms with E-state index in [1.165, 1.54) is 51.7 Å². The SMILES string of the molecule is OCCCNCCCN1CCCCCC1. The Bertz CT molecular complexity index is 134. The van der Waals surface area contributed by atoms with Crippen LogP contribution in [0.5, 0.6) is 0 Å². The second kappa shape index (κ2) is 9.13. The standard InChI is InChI=1S/C12H26N2O/c15-12-6-8-13-7-5-11-14-9-3-1-2-4-10-14/h13,15H,1-12H2. The van der Waals surface area contributed by atoms with E-state index >= 15 is 0 Å². The van der Waals surface area contributed by atoms with Crippen molar-refractivity contribution in [3.05, 3.63) is 0 Å². The van der Waals surface area contributed by atoms with E-state index in [4.69, 9.17) is 5.11 Å². The molecule has 15 heavy (non-hydrogen) atoms. The number of rotatable bonds is 7. The fourth-order valence-electron chi connectivity index (χ4n) is 2.12. The maximum atomic E-state index is 8.61. The molecule has 1 saturated heterocycles. The maximum absolute atomic E-state index is 8.61. The topological polar surface area (TPSA) is 35.5 Å². The lowest BCUT2D eigenvalue weighted by atomic mass is 10.2. The molecule has 0 unspecified atom stereocenters. The molecular formula is C12H26N2O. The summed E-state index contributed by atoms with van der Waals surface area (Å²) in [6.07, 6.45) is 7.74. The van der Waals surface area contributed by atoms with Crippen LogP contribution >= 0.6 is 0 Å². The van der Waals surface area contributed by atoms with Gasteiger partial charge in [0.25, 0.3) is 0 Å². The van der Waals surface area contributed by atoms with Crippen molar-refractivity contribution >= 4 is 0 Å². The second-order valence-electron chi connectivity index (χ2n) is 4.44. The maximum Gasteiger partial charge on any atom is 0.0443 e. The molecule has 0 aromatic heterocycles. The van der Waals surface area contributed by atoms with Crippen LogP contribution in [0.1, 0.15) is 38.5 Å². The lowest BCUT2D eigenvalue weighted by Gasteiger charge is -2.19. The number of hydrogen-bond donors (Lipinski definition) is 2. The van der Waals surface area contributed by atoms with E-state index in [2.05, 4.69) is 10.2 Å². The summed E-state index contributed by atoms with van der Waals surface area (Å²) in [4.78, 5) is 2.60. The minimum Gasteiger partial charge on any atom is -0.396 e. The van der Waals surface area contributed by atoms with Crippen LogP contribution < -0.4 is 5.32 Å². The lowest BCUT2D eigenvalue weighted by Crippen LogP contribution is -2.28. The molecule has 1 rings (SSSR count). The molecule has 0 aromatic rings. The van der Waals surface area contributed by atoms with Gasteiger partial charge in [0.1, 0.15) is 0 Å². The van der Waals surface area contributed by atoms with Crippen LogP contribution in [0.25, 0.3) is 0 Å². The van der Waals surface area contributed by atoms with Gasteiger partial charge >= 0.3 is 0 Å². The molecule has 3 heteroatoms. The molecule has 0 atom stereocenters. The highest BCUT2D eigenvalue weighted by atomic mass is 16.3. The number of likely N-dealkylation sites (tertiary alicyclic amines) is 1. The van der Waals surface area contributed by atoms with Crippen molar-refractivity contribution < 1.29 is 5.11 Å². The Morgan fingerprint density at radius 2 is 1.60 bits per heavy atom. The largest absolute Gasteiger partial charge is 0.396 e. The van der Waals surface area contributed by atoms with E-state index in [9.17, 15) is 0 Å². The summed E-state index contributed by atoms with van der Waals surface area (Å²) in [5, 5.41) is 12.0. The molecular weight excluding hydrogens is 188 g/mol. The Kier molecular flexibility index (Phi) is 7.88. The number of hydrogen-bond acceptors (Lipinski definition) is 3. The monoisotopic (exact) mass is 214 g/mol. The summed E-state index contributed by atoms with van der Waals surface area (Å²) < 4.78 is 0. The van der Waals surface area contributed by atoms with E-state index in [1.54, 1.807) is 0 Å². The van der Waals surface area contributed by atoms with Crippen molar-refractivity contribution in [2.75, 3.05) is 39.3 Å². The number of aliphatic hydroxyl groups is 1. The van der Waals surface area contributed by atoms with E-state index in [1.807, 2.05) is 0 Å². The highest BCUT2D eigenvalue weighted by Gasteiger charge is 2.07. The third-order valence-corrected chi connectivity index (χ3v) is 3.04. The number of nitrogens with one attached hydrogen (secondary N) is 1. The van der Waals surface area contributed by atoms with Crippen molar-refractivity contribution in [2.24, 2.45) is 0 Å².